The Balaban J connectivity index is 0.000000469. The fourth-order valence-electron chi connectivity index (χ4n) is 1.10. The molecule has 0 aromatic rings. The van der Waals surface area contributed by atoms with Crippen LogP contribution in [0.3, 0.4) is 0 Å². The van der Waals surface area contributed by atoms with Gasteiger partial charge in [-0.25, -0.2) is 0 Å². The van der Waals surface area contributed by atoms with Gasteiger partial charge < -0.3 is 14.9 Å². The van der Waals surface area contributed by atoms with E-state index in [2.05, 4.69) is 11.7 Å². The quantitative estimate of drug-likeness (QED) is 0.489. The van der Waals surface area contributed by atoms with Gasteiger partial charge in [0.1, 0.15) is 0 Å². The molecule has 2 N–H and O–H groups in total. The highest BCUT2D eigenvalue weighted by molar-refractivity contribution is 4.55. The van der Waals surface area contributed by atoms with Crippen molar-refractivity contribution in [3.8, 4) is 0 Å². The zero-order chi connectivity index (χ0) is 10.6. The minimum atomic E-state index is 0.117. The molecule has 3 nitrogen and oxygen atoms in total. The van der Waals surface area contributed by atoms with Gasteiger partial charge in [0, 0.05) is 19.1 Å². The number of aliphatic hydroxyl groups excluding tert-OH is 2. The summed E-state index contributed by atoms with van der Waals surface area (Å²) in [6.07, 6.45) is 5.84. The molecule has 86 valence electrons. The first-order chi connectivity index (χ1) is 6.85. The monoisotopic (exact) mass is 204 g/mol. The van der Waals surface area contributed by atoms with Gasteiger partial charge in [-0.3, -0.25) is 0 Å². The van der Waals surface area contributed by atoms with E-state index in [0.29, 0.717) is 0 Å². The van der Waals surface area contributed by atoms with Crippen molar-refractivity contribution < 1.29 is 14.9 Å². The molecule has 0 spiro atoms. The van der Waals surface area contributed by atoms with Crippen LogP contribution in [0, 0.1) is 5.92 Å². The first-order valence-electron chi connectivity index (χ1n) is 5.64. The number of hydrogen-bond acceptors (Lipinski definition) is 3. The summed E-state index contributed by atoms with van der Waals surface area (Å²) in [5.41, 5.74) is 0. The van der Waals surface area contributed by atoms with E-state index in [1.807, 2.05) is 0 Å². The predicted molar refractivity (Wildman–Crippen MR) is 57.2 cm³/mol. The molecule has 3 heteroatoms. The average Bonchev–Trinajstić information content (AvgIpc) is 3.05. The predicted octanol–water partition coefficient (Wildman–Crippen LogP) is 1.57. The lowest BCUT2D eigenvalue weighted by Gasteiger charge is -2.09. The van der Waals surface area contributed by atoms with Crippen LogP contribution < -0.4 is 0 Å². The highest BCUT2D eigenvalue weighted by Gasteiger charge is 2.03. The van der Waals surface area contributed by atoms with E-state index >= 15 is 0 Å². The van der Waals surface area contributed by atoms with Gasteiger partial charge in [-0.05, 0) is 6.42 Å². The van der Waals surface area contributed by atoms with Gasteiger partial charge in [0.15, 0.2) is 0 Å². The molecule has 0 radical (unpaired) electrons. The van der Waals surface area contributed by atoms with Crippen LogP contribution in [0.5, 0.6) is 0 Å². The average molecular weight is 204 g/mol. The number of epoxide rings is 1. The summed E-state index contributed by atoms with van der Waals surface area (Å²) in [6, 6.07) is 0. The molecule has 1 rings (SSSR count). The molecule has 0 aromatic carbocycles. The van der Waals surface area contributed by atoms with E-state index in [9.17, 15) is 0 Å². The van der Waals surface area contributed by atoms with Crippen LogP contribution >= 0.6 is 0 Å². The number of aliphatic hydroxyl groups is 2. The normalized spacial score (nSPS) is 13.7. The number of rotatable bonds is 7. The van der Waals surface area contributed by atoms with E-state index < -0.39 is 0 Å². The van der Waals surface area contributed by atoms with E-state index in [1.54, 1.807) is 0 Å². The Hall–Kier alpha value is -0.120. The second-order valence-electron chi connectivity index (χ2n) is 3.69. The Morgan fingerprint density at radius 1 is 1.07 bits per heavy atom. The molecule has 14 heavy (non-hydrogen) atoms. The third-order valence-electron chi connectivity index (χ3n) is 2.19. The molecule has 1 fully saturated rings. The first-order valence-corrected chi connectivity index (χ1v) is 5.64. The van der Waals surface area contributed by atoms with Gasteiger partial charge in [0.25, 0.3) is 0 Å². The topological polar surface area (TPSA) is 53.0 Å². The minimum absolute atomic E-state index is 0.117. The molecule has 0 bridgehead atoms. The summed E-state index contributed by atoms with van der Waals surface area (Å²) < 4.78 is 4.50. The van der Waals surface area contributed by atoms with Crippen molar-refractivity contribution in [1.82, 2.24) is 0 Å². The lowest BCUT2D eigenvalue weighted by atomic mass is 10.0. The Labute approximate surface area is 87.1 Å². The fourth-order valence-corrected chi connectivity index (χ4v) is 1.10. The van der Waals surface area contributed by atoms with Crippen LogP contribution in [-0.2, 0) is 4.74 Å². The Morgan fingerprint density at radius 3 is 2.00 bits per heavy atom. The van der Waals surface area contributed by atoms with Crippen molar-refractivity contribution in [3.63, 3.8) is 0 Å². The summed E-state index contributed by atoms with van der Waals surface area (Å²) in [5, 5.41) is 17.4. The Bertz CT molecular complexity index is 98.0. The molecule has 0 atom stereocenters. The maximum Gasteiger partial charge on any atom is 0.0701 e. The Kier molecular flexibility index (Phi) is 10.9. The first kappa shape index (κ1) is 13.9. The molecule has 0 aliphatic carbocycles. The lowest BCUT2D eigenvalue weighted by Crippen LogP contribution is -2.10. The fraction of sp³-hybridized carbons (Fsp3) is 1.00. The number of ether oxygens (including phenoxy) is 1. The van der Waals surface area contributed by atoms with Crippen LogP contribution in [0.4, 0.5) is 0 Å². The maximum absolute atomic E-state index is 8.72. The maximum atomic E-state index is 8.72. The highest BCUT2D eigenvalue weighted by Crippen LogP contribution is 2.09. The molecule has 0 unspecified atom stereocenters. The van der Waals surface area contributed by atoms with Gasteiger partial charge in [-0.1, -0.05) is 32.6 Å². The van der Waals surface area contributed by atoms with E-state index in [1.165, 1.54) is 19.3 Å². The van der Waals surface area contributed by atoms with E-state index in [4.69, 9.17) is 10.2 Å². The van der Waals surface area contributed by atoms with Crippen molar-refractivity contribution in [1.29, 1.82) is 0 Å². The zero-order valence-corrected chi connectivity index (χ0v) is 9.24. The van der Waals surface area contributed by atoms with Crippen molar-refractivity contribution >= 4 is 0 Å². The summed E-state index contributed by atoms with van der Waals surface area (Å²) in [6.45, 7) is 4.43. The third-order valence-corrected chi connectivity index (χ3v) is 2.19. The van der Waals surface area contributed by atoms with Gasteiger partial charge in [0.05, 0.1) is 13.2 Å². The Morgan fingerprint density at radius 2 is 1.64 bits per heavy atom. The molecule has 1 heterocycles. The van der Waals surface area contributed by atoms with Crippen LogP contribution in [0.2, 0.25) is 0 Å². The summed E-state index contributed by atoms with van der Waals surface area (Å²) >= 11 is 0. The van der Waals surface area contributed by atoms with Crippen LogP contribution in [-0.4, -0.2) is 36.6 Å². The van der Waals surface area contributed by atoms with Crippen LogP contribution in [0.25, 0.3) is 0 Å². The summed E-state index contributed by atoms with van der Waals surface area (Å²) in [4.78, 5) is 0. The van der Waals surface area contributed by atoms with Gasteiger partial charge in [0.2, 0.25) is 0 Å². The standard InChI is InChI=1S/C9H20O2.C2H4O/c1-2-3-4-5-6-9(7-10)8-11;1-2-3-1/h9-11H,2-8H2,1H3;1-2H2. The number of unbranched alkanes of at least 4 members (excludes halogenated alkanes) is 3. The zero-order valence-electron chi connectivity index (χ0n) is 9.24. The van der Waals surface area contributed by atoms with Crippen molar-refractivity contribution in [2.45, 2.75) is 39.0 Å². The molecule has 1 saturated heterocycles. The van der Waals surface area contributed by atoms with Crippen molar-refractivity contribution in [2.24, 2.45) is 5.92 Å². The smallest absolute Gasteiger partial charge is 0.0701 e. The molecule has 0 saturated carbocycles. The van der Waals surface area contributed by atoms with E-state index in [-0.39, 0.29) is 19.1 Å². The van der Waals surface area contributed by atoms with Crippen molar-refractivity contribution in [3.05, 3.63) is 0 Å². The van der Waals surface area contributed by atoms with Crippen LogP contribution in [0.1, 0.15) is 39.0 Å². The van der Waals surface area contributed by atoms with E-state index in [0.717, 1.165) is 26.1 Å². The second kappa shape index (κ2) is 11.0. The molecule has 0 amide bonds. The lowest BCUT2D eigenvalue weighted by molar-refractivity contribution is 0.141. The SMILES string of the molecule is C1CO1.CCCCCCC(CO)CO. The molecule has 1 aliphatic rings. The van der Waals surface area contributed by atoms with Crippen molar-refractivity contribution in [2.75, 3.05) is 26.4 Å². The summed E-state index contributed by atoms with van der Waals surface area (Å²) in [5.74, 6) is 0.117. The molecular formula is C11H24O3. The van der Waals surface area contributed by atoms with Gasteiger partial charge >= 0.3 is 0 Å². The second-order valence-corrected chi connectivity index (χ2v) is 3.69. The third kappa shape index (κ3) is 11.9. The molecule has 1 aliphatic heterocycles. The van der Waals surface area contributed by atoms with Gasteiger partial charge in [-0.2, -0.15) is 0 Å². The number of hydrogen-bond donors (Lipinski definition) is 2. The largest absolute Gasteiger partial charge is 0.396 e. The molecule has 0 aromatic heterocycles. The highest BCUT2D eigenvalue weighted by atomic mass is 16.6. The van der Waals surface area contributed by atoms with Gasteiger partial charge in [-0.15, -0.1) is 0 Å². The van der Waals surface area contributed by atoms with Crippen LogP contribution in [0.15, 0.2) is 0 Å². The molecular weight excluding hydrogens is 180 g/mol. The minimum Gasteiger partial charge on any atom is -0.396 e. The summed E-state index contributed by atoms with van der Waals surface area (Å²) in [7, 11) is 0.